The van der Waals surface area contributed by atoms with E-state index in [0.717, 1.165) is 16.6 Å². The van der Waals surface area contributed by atoms with Crippen molar-refractivity contribution in [2.45, 2.75) is 26.4 Å². The summed E-state index contributed by atoms with van der Waals surface area (Å²) in [5, 5.41) is 13.6. The first-order chi connectivity index (χ1) is 10.0. The molecule has 3 heteroatoms. The van der Waals surface area contributed by atoms with E-state index in [1.54, 1.807) is 12.5 Å². The van der Waals surface area contributed by atoms with Crippen molar-refractivity contribution in [3.63, 3.8) is 0 Å². The number of benzene rings is 2. The van der Waals surface area contributed by atoms with E-state index in [4.69, 9.17) is 0 Å². The van der Waals surface area contributed by atoms with Gasteiger partial charge in [-0.3, -0.25) is 0 Å². The van der Waals surface area contributed by atoms with Crippen LogP contribution in [0.15, 0.2) is 48.9 Å². The maximum atomic E-state index is 11.3. The molecule has 0 aliphatic carbocycles. The van der Waals surface area contributed by atoms with Crippen molar-refractivity contribution in [1.29, 1.82) is 0 Å². The van der Waals surface area contributed by atoms with Crippen molar-refractivity contribution in [3.8, 4) is 0 Å². The first-order valence-electron chi connectivity index (χ1n) is 7.24. The Bertz CT molecular complexity index is 762. The molecule has 1 aromatic heterocycles. The number of aromatic amines is 1. The minimum atomic E-state index is -1.06. The minimum Gasteiger partial charge on any atom is -0.379 e. The van der Waals surface area contributed by atoms with Gasteiger partial charge in [0.2, 0.25) is 0 Å². The fourth-order valence-corrected chi connectivity index (χ4v) is 2.87. The van der Waals surface area contributed by atoms with Gasteiger partial charge in [-0.15, -0.1) is 0 Å². The number of imidazole rings is 1. The van der Waals surface area contributed by atoms with Crippen molar-refractivity contribution in [2.24, 2.45) is 5.92 Å². The van der Waals surface area contributed by atoms with Crippen LogP contribution in [0.5, 0.6) is 0 Å². The number of aryl methyl sites for hydroxylation is 1. The molecule has 0 aliphatic heterocycles. The molecule has 21 heavy (non-hydrogen) atoms. The van der Waals surface area contributed by atoms with Crippen LogP contribution in [0, 0.1) is 12.8 Å². The zero-order valence-corrected chi connectivity index (χ0v) is 12.6. The summed E-state index contributed by atoms with van der Waals surface area (Å²) in [6.07, 6.45) is 3.30. The van der Waals surface area contributed by atoms with Gasteiger partial charge in [-0.05, 0) is 35.2 Å². The number of aliphatic hydroxyl groups is 1. The van der Waals surface area contributed by atoms with Gasteiger partial charge >= 0.3 is 0 Å². The highest BCUT2D eigenvalue weighted by molar-refractivity contribution is 5.84. The van der Waals surface area contributed by atoms with E-state index in [1.807, 2.05) is 19.9 Å². The normalized spacial score (nSPS) is 14.5. The molecule has 1 atom stereocenters. The predicted molar refractivity (Wildman–Crippen MR) is 85.1 cm³/mol. The smallest absolute Gasteiger partial charge is 0.133 e. The molecule has 3 nitrogen and oxygen atoms in total. The zero-order valence-electron chi connectivity index (χ0n) is 12.6. The van der Waals surface area contributed by atoms with Gasteiger partial charge in [0, 0.05) is 0 Å². The largest absolute Gasteiger partial charge is 0.379 e. The average molecular weight is 280 g/mol. The molecular weight excluding hydrogens is 260 g/mol. The first-order valence-corrected chi connectivity index (χ1v) is 7.24. The minimum absolute atomic E-state index is 0.0286. The number of nitrogens with one attached hydrogen (secondary N) is 1. The van der Waals surface area contributed by atoms with Crippen LogP contribution in [-0.2, 0) is 5.60 Å². The lowest BCUT2D eigenvalue weighted by molar-refractivity contribution is 0.0281. The molecule has 0 radical (unpaired) electrons. The van der Waals surface area contributed by atoms with Gasteiger partial charge in [0.25, 0.3) is 0 Å². The van der Waals surface area contributed by atoms with E-state index in [0.29, 0.717) is 0 Å². The summed E-state index contributed by atoms with van der Waals surface area (Å²) in [6, 6.07) is 12.5. The molecular formula is C18H20N2O. The number of H-pyrrole nitrogens is 1. The van der Waals surface area contributed by atoms with Crippen LogP contribution in [-0.4, -0.2) is 15.1 Å². The zero-order chi connectivity index (χ0) is 15.0. The fraction of sp³-hybridized carbons (Fsp3) is 0.278. The molecule has 0 saturated heterocycles. The van der Waals surface area contributed by atoms with E-state index in [2.05, 4.69) is 47.2 Å². The Balaban J connectivity index is 2.19. The lowest BCUT2D eigenvalue weighted by Gasteiger charge is -2.32. The molecule has 108 valence electrons. The van der Waals surface area contributed by atoms with Gasteiger partial charge in [0.15, 0.2) is 0 Å². The summed E-state index contributed by atoms with van der Waals surface area (Å²) in [5.41, 5.74) is 1.79. The molecule has 0 bridgehead atoms. The number of nitrogens with zero attached hydrogens (tertiary/aromatic N) is 1. The summed E-state index contributed by atoms with van der Waals surface area (Å²) in [4.78, 5) is 7.11. The monoisotopic (exact) mass is 280 g/mol. The molecule has 0 spiro atoms. The van der Waals surface area contributed by atoms with Crippen LogP contribution < -0.4 is 0 Å². The highest BCUT2D eigenvalue weighted by Gasteiger charge is 2.36. The summed E-state index contributed by atoms with van der Waals surface area (Å²) in [5.74, 6) is 0.0286. The number of fused-ring (bicyclic) bond motifs is 1. The number of rotatable bonds is 3. The predicted octanol–water partition coefficient (Wildman–Crippen LogP) is 3.76. The molecule has 2 aromatic carbocycles. The van der Waals surface area contributed by atoms with E-state index >= 15 is 0 Å². The van der Waals surface area contributed by atoms with Crippen molar-refractivity contribution in [3.05, 3.63) is 65.7 Å². The molecule has 2 N–H and O–H groups in total. The van der Waals surface area contributed by atoms with Gasteiger partial charge in [0.05, 0.1) is 18.2 Å². The third-order valence-electron chi connectivity index (χ3n) is 4.18. The van der Waals surface area contributed by atoms with Crippen LogP contribution in [0.4, 0.5) is 0 Å². The lowest BCUT2D eigenvalue weighted by Crippen LogP contribution is -2.33. The van der Waals surface area contributed by atoms with E-state index in [9.17, 15) is 5.11 Å². The molecule has 0 amide bonds. The fourth-order valence-electron chi connectivity index (χ4n) is 2.87. The Labute approximate surface area is 124 Å². The lowest BCUT2D eigenvalue weighted by atomic mass is 9.80. The molecule has 0 aliphatic rings. The van der Waals surface area contributed by atoms with Gasteiger partial charge in [-0.25, -0.2) is 4.98 Å². The Morgan fingerprint density at radius 3 is 2.48 bits per heavy atom. The Kier molecular flexibility index (Phi) is 3.30. The highest BCUT2D eigenvalue weighted by Crippen LogP contribution is 2.36. The van der Waals surface area contributed by atoms with Crippen molar-refractivity contribution in [1.82, 2.24) is 9.97 Å². The Hall–Kier alpha value is -2.13. The third-order valence-corrected chi connectivity index (χ3v) is 4.18. The van der Waals surface area contributed by atoms with Crippen LogP contribution in [0.1, 0.15) is 30.7 Å². The van der Waals surface area contributed by atoms with Crippen LogP contribution in [0.2, 0.25) is 0 Å². The standard InChI is InChI=1S/C18H20N2O/c1-12(2)18(21,17-10-19-11-20-17)16-7-6-14-8-13(3)4-5-15(14)9-16/h4-12,21H,1-3H3,(H,19,20). The van der Waals surface area contributed by atoms with Gasteiger partial charge in [-0.2, -0.15) is 0 Å². The second kappa shape index (κ2) is 5.01. The summed E-state index contributed by atoms with van der Waals surface area (Å²) in [6.45, 7) is 6.11. The molecule has 0 saturated carbocycles. The maximum Gasteiger partial charge on any atom is 0.133 e. The maximum absolute atomic E-state index is 11.3. The SMILES string of the molecule is Cc1ccc2cc(C(O)(c3cnc[nH]3)C(C)C)ccc2c1. The van der Waals surface area contributed by atoms with Gasteiger partial charge in [0.1, 0.15) is 5.60 Å². The van der Waals surface area contributed by atoms with Crippen molar-refractivity contribution in [2.75, 3.05) is 0 Å². The third kappa shape index (κ3) is 2.24. The molecule has 1 heterocycles. The van der Waals surface area contributed by atoms with Gasteiger partial charge in [-0.1, -0.05) is 49.7 Å². The summed E-state index contributed by atoms with van der Waals surface area (Å²) >= 11 is 0. The van der Waals surface area contributed by atoms with Crippen molar-refractivity contribution >= 4 is 10.8 Å². The quantitative estimate of drug-likeness (QED) is 0.767. The van der Waals surface area contributed by atoms with Crippen LogP contribution in [0.25, 0.3) is 10.8 Å². The number of hydrogen-bond acceptors (Lipinski definition) is 2. The second-order valence-corrected chi connectivity index (χ2v) is 5.95. The summed E-state index contributed by atoms with van der Waals surface area (Å²) < 4.78 is 0. The van der Waals surface area contributed by atoms with E-state index in [-0.39, 0.29) is 5.92 Å². The molecule has 0 fully saturated rings. The van der Waals surface area contributed by atoms with E-state index < -0.39 is 5.60 Å². The molecule has 1 unspecified atom stereocenters. The number of hydrogen-bond donors (Lipinski definition) is 2. The van der Waals surface area contributed by atoms with Crippen LogP contribution >= 0.6 is 0 Å². The Morgan fingerprint density at radius 1 is 1.10 bits per heavy atom. The van der Waals surface area contributed by atoms with E-state index in [1.165, 1.54) is 10.9 Å². The molecule has 3 aromatic rings. The number of aromatic nitrogens is 2. The topological polar surface area (TPSA) is 48.9 Å². The average Bonchev–Trinajstić information content (AvgIpc) is 3.00. The van der Waals surface area contributed by atoms with Crippen LogP contribution in [0.3, 0.4) is 0 Å². The Morgan fingerprint density at radius 2 is 1.81 bits per heavy atom. The first kappa shape index (κ1) is 13.8. The summed E-state index contributed by atoms with van der Waals surface area (Å²) in [7, 11) is 0. The highest BCUT2D eigenvalue weighted by atomic mass is 16.3. The van der Waals surface area contributed by atoms with Gasteiger partial charge < -0.3 is 10.1 Å². The second-order valence-electron chi connectivity index (χ2n) is 5.95. The molecule has 3 rings (SSSR count). The van der Waals surface area contributed by atoms with Crippen molar-refractivity contribution < 1.29 is 5.11 Å².